The van der Waals surface area contributed by atoms with Crippen LogP contribution in [0.2, 0.25) is 0 Å². The Morgan fingerprint density at radius 3 is 2.58 bits per heavy atom. The molecule has 33 heavy (non-hydrogen) atoms. The predicted octanol–water partition coefficient (Wildman–Crippen LogP) is 3.59. The van der Waals surface area contributed by atoms with Crippen molar-refractivity contribution in [2.75, 3.05) is 28.2 Å². The number of anilines is 5. The minimum atomic E-state index is -3.57. The molecule has 0 fully saturated rings. The third-order valence-electron chi connectivity index (χ3n) is 4.94. The van der Waals surface area contributed by atoms with Gasteiger partial charge in [-0.15, -0.1) is 0 Å². The lowest BCUT2D eigenvalue weighted by Crippen LogP contribution is -2.26. The molecule has 0 aliphatic carbocycles. The Morgan fingerprint density at radius 1 is 1.12 bits per heavy atom. The summed E-state index contributed by atoms with van der Waals surface area (Å²) in [6.45, 7) is 4.65. The fourth-order valence-electron chi connectivity index (χ4n) is 3.17. The van der Waals surface area contributed by atoms with E-state index in [9.17, 15) is 8.42 Å². The van der Waals surface area contributed by atoms with Crippen molar-refractivity contribution in [3.63, 3.8) is 0 Å². The summed E-state index contributed by atoms with van der Waals surface area (Å²) in [6.07, 6.45) is 7.70. The largest absolute Gasteiger partial charge is 0.337 e. The van der Waals surface area contributed by atoms with Crippen LogP contribution in [-0.2, 0) is 16.6 Å². The highest BCUT2D eigenvalue weighted by molar-refractivity contribution is 9.10. The molecule has 0 radical (unpaired) electrons. The molecular weight excluding hydrogens is 510 g/mol. The van der Waals surface area contributed by atoms with Gasteiger partial charge in [0.15, 0.2) is 0 Å². The van der Waals surface area contributed by atoms with Gasteiger partial charge in [0.05, 0.1) is 33.3 Å². The second-order valence-electron chi connectivity index (χ2n) is 7.24. The molecule has 0 aliphatic rings. The van der Waals surface area contributed by atoms with Gasteiger partial charge in [-0.25, -0.2) is 13.4 Å². The van der Waals surface area contributed by atoms with E-state index in [0.29, 0.717) is 38.6 Å². The Labute approximate surface area is 199 Å². The first-order valence-electron chi connectivity index (χ1n) is 9.95. The lowest BCUT2D eigenvalue weighted by molar-refractivity contribution is 0.600. The normalized spacial score (nSPS) is 11.5. The number of sulfonamides is 1. The molecule has 0 aliphatic heterocycles. The average molecular weight is 532 g/mol. The van der Waals surface area contributed by atoms with Gasteiger partial charge in [0.2, 0.25) is 16.0 Å². The Balaban J connectivity index is 1.75. The molecule has 2 N–H and O–H groups in total. The summed E-state index contributed by atoms with van der Waals surface area (Å²) in [5, 5.41) is 10.8. The molecular formula is C20H22BrN9O2S. The van der Waals surface area contributed by atoms with Gasteiger partial charge in [0.1, 0.15) is 17.0 Å². The zero-order valence-electron chi connectivity index (χ0n) is 18.4. The fourth-order valence-corrected chi connectivity index (χ4v) is 3.98. The van der Waals surface area contributed by atoms with Gasteiger partial charge in [0.25, 0.3) is 0 Å². The first-order valence-corrected chi connectivity index (χ1v) is 12.6. The van der Waals surface area contributed by atoms with Crippen LogP contribution in [-0.4, -0.2) is 51.4 Å². The van der Waals surface area contributed by atoms with Gasteiger partial charge >= 0.3 is 0 Å². The Bertz CT molecular complexity index is 1440. The third-order valence-corrected chi connectivity index (χ3v) is 6.70. The van der Waals surface area contributed by atoms with Crippen LogP contribution in [0.4, 0.5) is 28.8 Å². The van der Waals surface area contributed by atoms with Crippen molar-refractivity contribution < 1.29 is 8.42 Å². The van der Waals surface area contributed by atoms with Crippen LogP contribution >= 0.6 is 15.9 Å². The molecule has 4 rings (SSSR count). The quantitative estimate of drug-likeness (QED) is 0.367. The number of halogens is 1. The van der Waals surface area contributed by atoms with E-state index in [-0.39, 0.29) is 0 Å². The highest BCUT2D eigenvalue weighted by Crippen LogP contribution is 2.36. The summed E-state index contributed by atoms with van der Waals surface area (Å²) in [6, 6.07) is 3.51. The molecule has 0 saturated heterocycles. The molecule has 0 amide bonds. The maximum Gasteiger partial charge on any atom is 0.232 e. The maximum absolute atomic E-state index is 12.4. The summed E-state index contributed by atoms with van der Waals surface area (Å²) in [7, 11) is -2.09. The molecule has 0 saturated carbocycles. The Hall–Kier alpha value is -3.32. The minimum absolute atomic E-state index is 0.359. The number of fused-ring (bicyclic) bond motifs is 1. The maximum atomic E-state index is 12.4. The van der Waals surface area contributed by atoms with Gasteiger partial charge in [-0.1, -0.05) is 0 Å². The molecule has 4 aromatic rings. The molecule has 0 unspecified atom stereocenters. The monoisotopic (exact) mass is 531 g/mol. The number of hydrogen-bond donors (Lipinski definition) is 2. The number of nitrogens with one attached hydrogen (secondary N) is 2. The van der Waals surface area contributed by atoms with Gasteiger partial charge in [-0.2, -0.15) is 10.1 Å². The highest BCUT2D eigenvalue weighted by Gasteiger charge is 2.21. The van der Waals surface area contributed by atoms with Crippen molar-refractivity contribution >= 4 is 65.8 Å². The summed E-state index contributed by atoms with van der Waals surface area (Å²) < 4.78 is 28.3. The van der Waals surface area contributed by atoms with Crippen LogP contribution in [0, 0.1) is 6.92 Å². The molecule has 0 bridgehead atoms. The van der Waals surface area contributed by atoms with Gasteiger partial charge in [-0.05, 0) is 41.9 Å². The van der Waals surface area contributed by atoms with E-state index in [1.807, 2.05) is 24.7 Å². The predicted molar refractivity (Wildman–Crippen MR) is 132 cm³/mol. The Kier molecular flexibility index (Phi) is 6.17. The van der Waals surface area contributed by atoms with Crippen LogP contribution in [0.1, 0.15) is 12.6 Å². The van der Waals surface area contributed by atoms with Crippen molar-refractivity contribution in [1.29, 1.82) is 0 Å². The van der Waals surface area contributed by atoms with Crippen molar-refractivity contribution in [3.05, 3.63) is 47.1 Å². The number of benzene rings is 1. The lowest BCUT2D eigenvalue weighted by Gasteiger charge is -2.22. The van der Waals surface area contributed by atoms with Crippen LogP contribution < -0.4 is 14.9 Å². The zero-order chi connectivity index (χ0) is 23.8. The fraction of sp³-hybridized carbons (Fsp3) is 0.250. The van der Waals surface area contributed by atoms with E-state index in [0.717, 1.165) is 24.2 Å². The first kappa shape index (κ1) is 22.9. The molecule has 0 atom stereocenters. The molecule has 3 heterocycles. The van der Waals surface area contributed by atoms with Gasteiger partial charge in [0, 0.05) is 38.4 Å². The first-order chi connectivity index (χ1) is 15.7. The van der Waals surface area contributed by atoms with E-state index < -0.39 is 10.0 Å². The molecule has 13 heteroatoms. The van der Waals surface area contributed by atoms with E-state index in [4.69, 9.17) is 0 Å². The topological polar surface area (TPSA) is 131 Å². The average Bonchev–Trinajstić information content (AvgIpc) is 3.14. The molecule has 172 valence electrons. The lowest BCUT2D eigenvalue weighted by atomic mass is 10.2. The van der Waals surface area contributed by atoms with Crippen LogP contribution in [0.5, 0.6) is 0 Å². The van der Waals surface area contributed by atoms with Crippen LogP contribution in [0.25, 0.3) is 11.0 Å². The second kappa shape index (κ2) is 8.90. The van der Waals surface area contributed by atoms with E-state index >= 15 is 0 Å². The van der Waals surface area contributed by atoms with E-state index in [1.54, 1.807) is 24.5 Å². The smallest absolute Gasteiger partial charge is 0.232 e. The van der Waals surface area contributed by atoms with Crippen molar-refractivity contribution in [3.8, 4) is 0 Å². The Morgan fingerprint density at radius 2 is 1.88 bits per heavy atom. The minimum Gasteiger partial charge on any atom is -0.337 e. The van der Waals surface area contributed by atoms with Crippen LogP contribution in [0.3, 0.4) is 0 Å². The van der Waals surface area contributed by atoms with Crippen molar-refractivity contribution in [1.82, 2.24) is 29.7 Å². The van der Waals surface area contributed by atoms with E-state index in [2.05, 4.69) is 51.6 Å². The van der Waals surface area contributed by atoms with Crippen molar-refractivity contribution in [2.24, 2.45) is 0 Å². The third kappa shape index (κ3) is 4.73. The summed E-state index contributed by atoms with van der Waals surface area (Å²) in [5.74, 6) is 0.803. The standard InChI is InChI=1S/C20H22BrN9O2S/c1-5-30-11-16(12(2)28-30)26-20-24-10-13(21)19(27-20)25-15-7-6-14-17(23-9-8-22-14)18(15)29(3)33(4,31)32/h6-11H,5H2,1-4H3,(H2,24,25,26,27). The molecule has 11 nitrogen and oxygen atoms in total. The zero-order valence-corrected chi connectivity index (χ0v) is 20.8. The number of aromatic nitrogens is 6. The van der Waals surface area contributed by atoms with E-state index in [1.165, 1.54) is 17.5 Å². The second-order valence-corrected chi connectivity index (χ2v) is 10.1. The summed E-state index contributed by atoms with van der Waals surface area (Å²) in [5.41, 5.74) is 3.49. The number of nitrogens with zero attached hydrogens (tertiary/aromatic N) is 7. The molecule has 3 aromatic heterocycles. The number of aryl methyl sites for hydroxylation is 2. The van der Waals surface area contributed by atoms with Gasteiger partial charge < -0.3 is 10.6 Å². The summed E-state index contributed by atoms with van der Waals surface area (Å²) >= 11 is 3.46. The molecule has 1 aromatic carbocycles. The van der Waals surface area contributed by atoms with Gasteiger partial charge in [-0.3, -0.25) is 19.0 Å². The number of rotatable bonds is 7. The van der Waals surface area contributed by atoms with Crippen LogP contribution in [0.15, 0.2) is 41.4 Å². The summed E-state index contributed by atoms with van der Waals surface area (Å²) in [4.78, 5) is 17.5. The highest BCUT2D eigenvalue weighted by atomic mass is 79.9. The van der Waals surface area contributed by atoms with Crippen molar-refractivity contribution in [2.45, 2.75) is 20.4 Å². The molecule has 0 spiro atoms. The SMILES string of the molecule is CCn1cc(Nc2ncc(Br)c(Nc3ccc4nccnc4c3N(C)S(C)(=O)=O)n2)c(C)n1. The number of hydrogen-bond acceptors (Lipinski definition) is 9.